The molecule has 0 aromatic carbocycles. The van der Waals surface area contributed by atoms with Gasteiger partial charge in [0.1, 0.15) is 0 Å². The predicted octanol–water partition coefficient (Wildman–Crippen LogP) is 3.39. The van der Waals surface area contributed by atoms with E-state index in [1.165, 1.54) is 11.1 Å². The molecule has 1 aromatic rings. The lowest BCUT2D eigenvalue weighted by atomic mass is 9.88. The van der Waals surface area contributed by atoms with E-state index in [0.29, 0.717) is 5.41 Å². The monoisotopic (exact) mass is 244 g/mol. The third-order valence-corrected chi connectivity index (χ3v) is 3.30. The fourth-order valence-electron chi connectivity index (χ4n) is 2.33. The molecule has 1 aromatic heterocycles. The summed E-state index contributed by atoms with van der Waals surface area (Å²) in [6.07, 6.45) is 6.54. The molecule has 0 fully saturated rings. The second-order valence-corrected chi connectivity index (χ2v) is 6.53. The Morgan fingerprint density at radius 3 is 2.56 bits per heavy atom. The Kier molecular flexibility index (Phi) is 3.86. The number of rotatable bonds is 2. The Bertz CT molecular complexity index is 423. The summed E-state index contributed by atoms with van der Waals surface area (Å²) in [6.45, 7) is 8.97. The molecule has 1 aliphatic heterocycles. The summed E-state index contributed by atoms with van der Waals surface area (Å²) in [4.78, 5) is 6.96. The van der Waals surface area contributed by atoms with Gasteiger partial charge in [0, 0.05) is 19.3 Å². The van der Waals surface area contributed by atoms with Crippen LogP contribution in [0.25, 0.3) is 5.57 Å². The van der Waals surface area contributed by atoms with Crippen molar-refractivity contribution < 1.29 is 0 Å². The zero-order valence-electron chi connectivity index (χ0n) is 12.0. The van der Waals surface area contributed by atoms with E-state index in [4.69, 9.17) is 0 Å². The van der Waals surface area contributed by atoms with E-state index in [2.05, 4.69) is 55.9 Å². The average molecular weight is 244 g/mol. The molecule has 0 amide bonds. The molecule has 0 radical (unpaired) electrons. The van der Waals surface area contributed by atoms with Crippen molar-refractivity contribution >= 4 is 5.57 Å². The average Bonchev–Trinajstić information content (AvgIpc) is 2.29. The second-order valence-electron chi connectivity index (χ2n) is 6.53. The van der Waals surface area contributed by atoms with Crippen LogP contribution in [0, 0.1) is 5.41 Å². The van der Waals surface area contributed by atoms with Gasteiger partial charge < -0.3 is 4.90 Å². The number of aromatic nitrogens is 1. The van der Waals surface area contributed by atoms with Crippen molar-refractivity contribution in [2.24, 2.45) is 5.41 Å². The van der Waals surface area contributed by atoms with Gasteiger partial charge in [-0.2, -0.15) is 0 Å². The third-order valence-electron chi connectivity index (χ3n) is 3.30. The van der Waals surface area contributed by atoms with Crippen molar-refractivity contribution in [3.63, 3.8) is 0 Å². The molecule has 0 saturated heterocycles. The first-order valence-corrected chi connectivity index (χ1v) is 6.77. The van der Waals surface area contributed by atoms with Crippen molar-refractivity contribution in [1.29, 1.82) is 0 Å². The van der Waals surface area contributed by atoms with Crippen LogP contribution in [0.1, 0.15) is 38.4 Å². The van der Waals surface area contributed by atoms with Crippen LogP contribution < -0.4 is 0 Å². The molecule has 2 heteroatoms. The summed E-state index contributed by atoms with van der Waals surface area (Å²) in [5, 5.41) is 0. The molecule has 0 aliphatic carbocycles. The maximum Gasteiger partial charge on any atom is 0.0659 e. The first kappa shape index (κ1) is 13.3. The van der Waals surface area contributed by atoms with E-state index in [1.807, 2.05) is 6.20 Å². The van der Waals surface area contributed by atoms with E-state index >= 15 is 0 Å². The fourth-order valence-corrected chi connectivity index (χ4v) is 2.33. The highest BCUT2D eigenvalue weighted by molar-refractivity contribution is 5.63. The van der Waals surface area contributed by atoms with Crippen LogP contribution in [0.4, 0.5) is 0 Å². The number of hydrogen-bond donors (Lipinski definition) is 0. The lowest BCUT2D eigenvalue weighted by Crippen LogP contribution is -2.23. The largest absolute Gasteiger partial charge is 0.302 e. The van der Waals surface area contributed by atoms with Gasteiger partial charge in [0.15, 0.2) is 0 Å². The van der Waals surface area contributed by atoms with Gasteiger partial charge in [-0.1, -0.05) is 32.9 Å². The molecule has 0 N–H and O–H groups in total. The minimum atomic E-state index is 0.329. The summed E-state index contributed by atoms with van der Waals surface area (Å²) < 4.78 is 0. The summed E-state index contributed by atoms with van der Waals surface area (Å²) >= 11 is 0. The molecule has 2 heterocycles. The molecule has 18 heavy (non-hydrogen) atoms. The maximum absolute atomic E-state index is 4.62. The lowest BCUT2D eigenvalue weighted by Gasteiger charge is -2.22. The number of nitrogens with zero attached hydrogens (tertiary/aromatic N) is 2. The van der Waals surface area contributed by atoms with Gasteiger partial charge in [-0.05, 0) is 42.5 Å². The standard InChI is InChI=1S/C16H24N2/c1-16(2,3)11-13-5-6-15(17-12-13)14-7-9-18(4)10-8-14/h5-7,12H,8-11H2,1-4H3. The minimum absolute atomic E-state index is 0.329. The third kappa shape index (κ3) is 3.67. The summed E-state index contributed by atoms with van der Waals surface area (Å²) in [5.41, 5.74) is 4.21. The lowest BCUT2D eigenvalue weighted by molar-refractivity contribution is 0.369. The predicted molar refractivity (Wildman–Crippen MR) is 77.5 cm³/mol. The van der Waals surface area contributed by atoms with E-state index in [1.54, 1.807) is 0 Å². The van der Waals surface area contributed by atoms with Crippen LogP contribution in [0.3, 0.4) is 0 Å². The van der Waals surface area contributed by atoms with Gasteiger partial charge in [0.2, 0.25) is 0 Å². The quantitative estimate of drug-likeness (QED) is 0.792. The van der Waals surface area contributed by atoms with Crippen LogP contribution in [0.5, 0.6) is 0 Å². The van der Waals surface area contributed by atoms with Crippen LogP contribution >= 0.6 is 0 Å². The Labute approximate surface area is 111 Å². The molecule has 0 bridgehead atoms. The topological polar surface area (TPSA) is 16.1 Å². The smallest absolute Gasteiger partial charge is 0.0659 e. The Hall–Kier alpha value is -1.15. The summed E-state index contributed by atoms with van der Waals surface area (Å²) in [7, 11) is 2.16. The Morgan fingerprint density at radius 2 is 2.06 bits per heavy atom. The van der Waals surface area contributed by atoms with Crippen LogP contribution in [0.2, 0.25) is 0 Å². The normalized spacial score (nSPS) is 17.7. The second kappa shape index (κ2) is 5.23. The van der Waals surface area contributed by atoms with Crippen molar-refractivity contribution in [3.8, 4) is 0 Å². The Balaban J connectivity index is 2.08. The fraction of sp³-hybridized carbons (Fsp3) is 0.562. The molecular formula is C16H24N2. The molecular weight excluding hydrogens is 220 g/mol. The molecule has 98 valence electrons. The molecule has 0 spiro atoms. The van der Waals surface area contributed by atoms with E-state index < -0.39 is 0 Å². The van der Waals surface area contributed by atoms with Crippen molar-refractivity contribution in [2.75, 3.05) is 20.1 Å². The molecule has 0 saturated carbocycles. The van der Waals surface area contributed by atoms with Gasteiger partial charge in [0.25, 0.3) is 0 Å². The first-order valence-electron chi connectivity index (χ1n) is 6.77. The Morgan fingerprint density at radius 1 is 1.28 bits per heavy atom. The molecule has 1 aliphatic rings. The van der Waals surface area contributed by atoms with Gasteiger partial charge >= 0.3 is 0 Å². The summed E-state index contributed by atoms with van der Waals surface area (Å²) in [6, 6.07) is 4.41. The van der Waals surface area contributed by atoms with Gasteiger partial charge in [0.05, 0.1) is 5.69 Å². The van der Waals surface area contributed by atoms with E-state index in [0.717, 1.165) is 31.6 Å². The number of pyridine rings is 1. The highest BCUT2D eigenvalue weighted by Crippen LogP contribution is 2.23. The van der Waals surface area contributed by atoms with Gasteiger partial charge in [-0.3, -0.25) is 4.98 Å². The molecule has 2 nitrogen and oxygen atoms in total. The number of likely N-dealkylation sites (N-methyl/N-ethyl adjacent to an activating group) is 1. The van der Waals surface area contributed by atoms with Gasteiger partial charge in [-0.15, -0.1) is 0 Å². The summed E-state index contributed by atoms with van der Waals surface area (Å²) in [5.74, 6) is 0. The highest BCUT2D eigenvalue weighted by atomic mass is 15.1. The first-order chi connectivity index (χ1) is 8.44. The van der Waals surface area contributed by atoms with Crippen LogP contribution in [-0.2, 0) is 6.42 Å². The van der Waals surface area contributed by atoms with Crippen LogP contribution in [-0.4, -0.2) is 30.0 Å². The number of hydrogen-bond acceptors (Lipinski definition) is 2. The SMILES string of the molecule is CN1CC=C(c2ccc(CC(C)(C)C)cn2)CC1. The molecule has 0 atom stereocenters. The zero-order chi connectivity index (χ0) is 13.2. The van der Waals surface area contributed by atoms with Crippen molar-refractivity contribution in [3.05, 3.63) is 35.7 Å². The zero-order valence-corrected chi connectivity index (χ0v) is 12.0. The van der Waals surface area contributed by atoms with Crippen LogP contribution in [0.15, 0.2) is 24.4 Å². The van der Waals surface area contributed by atoms with Crippen molar-refractivity contribution in [2.45, 2.75) is 33.6 Å². The van der Waals surface area contributed by atoms with E-state index in [9.17, 15) is 0 Å². The maximum atomic E-state index is 4.62. The van der Waals surface area contributed by atoms with Gasteiger partial charge in [-0.25, -0.2) is 0 Å². The molecule has 0 unspecified atom stereocenters. The highest BCUT2D eigenvalue weighted by Gasteiger charge is 2.13. The molecule has 2 rings (SSSR count). The van der Waals surface area contributed by atoms with E-state index in [-0.39, 0.29) is 0 Å². The van der Waals surface area contributed by atoms with Crippen molar-refractivity contribution in [1.82, 2.24) is 9.88 Å². The minimum Gasteiger partial charge on any atom is -0.302 e.